The predicted octanol–water partition coefficient (Wildman–Crippen LogP) is 3.14. The van der Waals surface area contributed by atoms with Gasteiger partial charge in [0.2, 0.25) is 0 Å². The molecule has 0 saturated carbocycles. The van der Waals surface area contributed by atoms with E-state index in [2.05, 4.69) is 6.92 Å². The van der Waals surface area contributed by atoms with Gasteiger partial charge in [0.05, 0.1) is 17.8 Å². The highest BCUT2D eigenvalue weighted by Crippen LogP contribution is 2.39. The SMILES string of the molecule is CC1CCCC(C)(c2ccc(C(=O)O)cc2O)OC1. The zero-order valence-electron chi connectivity index (χ0n) is 11.3. The van der Waals surface area contributed by atoms with Gasteiger partial charge in [0.1, 0.15) is 5.75 Å². The minimum absolute atomic E-state index is 0.00282. The van der Waals surface area contributed by atoms with Crippen LogP contribution in [0.3, 0.4) is 0 Å². The molecule has 1 saturated heterocycles. The Labute approximate surface area is 113 Å². The molecule has 104 valence electrons. The van der Waals surface area contributed by atoms with Crippen molar-refractivity contribution in [2.75, 3.05) is 6.61 Å². The first kappa shape index (κ1) is 13.9. The van der Waals surface area contributed by atoms with Gasteiger partial charge < -0.3 is 14.9 Å². The fraction of sp³-hybridized carbons (Fsp3) is 0.533. The minimum atomic E-state index is -1.04. The van der Waals surface area contributed by atoms with Crippen LogP contribution in [0.1, 0.15) is 49.0 Å². The van der Waals surface area contributed by atoms with E-state index in [1.54, 1.807) is 6.07 Å². The Bertz CT molecular complexity index is 483. The van der Waals surface area contributed by atoms with Crippen molar-refractivity contribution in [3.05, 3.63) is 29.3 Å². The molecule has 0 spiro atoms. The maximum atomic E-state index is 10.9. The number of ether oxygens (including phenoxy) is 1. The molecular weight excluding hydrogens is 244 g/mol. The molecule has 1 aliphatic heterocycles. The van der Waals surface area contributed by atoms with Gasteiger partial charge in [-0.25, -0.2) is 4.79 Å². The van der Waals surface area contributed by atoms with E-state index in [4.69, 9.17) is 9.84 Å². The summed E-state index contributed by atoms with van der Waals surface area (Å²) in [4.78, 5) is 10.9. The molecule has 4 nitrogen and oxygen atoms in total. The molecule has 0 bridgehead atoms. The van der Waals surface area contributed by atoms with Crippen molar-refractivity contribution in [1.29, 1.82) is 0 Å². The molecule has 1 aliphatic rings. The third-order valence-electron chi connectivity index (χ3n) is 3.85. The van der Waals surface area contributed by atoms with Gasteiger partial charge in [-0.15, -0.1) is 0 Å². The fourth-order valence-corrected chi connectivity index (χ4v) is 2.59. The van der Waals surface area contributed by atoms with E-state index in [0.717, 1.165) is 19.3 Å². The predicted molar refractivity (Wildman–Crippen MR) is 71.4 cm³/mol. The van der Waals surface area contributed by atoms with E-state index in [9.17, 15) is 9.90 Å². The van der Waals surface area contributed by atoms with Gasteiger partial charge >= 0.3 is 5.97 Å². The number of phenols is 1. The second-order valence-electron chi connectivity index (χ2n) is 5.58. The van der Waals surface area contributed by atoms with Crippen LogP contribution in [0.15, 0.2) is 18.2 Å². The monoisotopic (exact) mass is 264 g/mol. The molecule has 1 aromatic rings. The van der Waals surface area contributed by atoms with Crippen LogP contribution in [0.4, 0.5) is 0 Å². The summed E-state index contributed by atoms with van der Waals surface area (Å²) in [6.07, 6.45) is 2.98. The number of carbonyl (C=O) groups is 1. The maximum Gasteiger partial charge on any atom is 0.335 e. The molecule has 19 heavy (non-hydrogen) atoms. The quantitative estimate of drug-likeness (QED) is 0.861. The highest BCUT2D eigenvalue weighted by molar-refractivity contribution is 5.88. The fourth-order valence-electron chi connectivity index (χ4n) is 2.59. The highest BCUT2D eigenvalue weighted by Gasteiger charge is 2.33. The Balaban J connectivity index is 2.32. The minimum Gasteiger partial charge on any atom is -0.508 e. The Hall–Kier alpha value is -1.55. The van der Waals surface area contributed by atoms with Crippen molar-refractivity contribution in [3.8, 4) is 5.75 Å². The summed E-state index contributed by atoms with van der Waals surface area (Å²) in [6.45, 7) is 4.77. The Morgan fingerprint density at radius 2 is 2.21 bits per heavy atom. The number of rotatable bonds is 2. The molecule has 2 rings (SSSR count). The van der Waals surface area contributed by atoms with E-state index in [0.29, 0.717) is 18.1 Å². The van der Waals surface area contributed by atoms with Gasteiger partial charge in [0, 0.05) is 5.56 Å². The number of hydrogen-bond acceptors (Lipinski definition) is 3. The zero-order chi connectivity index (χ0) is 14.0. The van der Waals surface area contributed by atoms with Crippen molar-refractivity contribution in [2.24, 2.45) is 5.92 Å². The van der Waals surface area contributed by atoms with Crippen molar-refractivity contribution in [1.82, 2.24) is 0 Å². The van der Waals surface area contributed by atoms with Crippen molar-refractivity contribution >= 4 is 5.97 Å². The molecule has 2 unspecified atom stereocenters. The summed E-state index contributed by atoms with van der Waals surface area (Å²) < 4.78 is 5.96. The smallest absolute Gasteiger partial charge is 0.335 e. The first-order chi connectivity index (χ1) is 8.92. The molecule has 1 fully saturated rings. The van der Waals surface area contributed by atoms with Gasteiger partial charge in [-0.05, 0) is 44.2 Å². The number of benzene rings is 1. The molecule has 2 N–H and O–H groups in total. The summed E-state index contributed by atoms with van der Waals surface area (Å²) in [5.74, 6) is -0.526. The second kappa shape index (κ2) is 5.21. The van der Waals surface area contributed by atoms with E-state index in [1.165, 1.54) is 12.1 Å². The summed E-state index contributed by atoms with van der Waals surface area (Å²) in [5, 5.41) is 19.0. The molecule has 1 aromatic carbocycles. The van der Waals surface area contributed by atoms with Crippen LogP contribution in [0.5, 0.6) is 5.75 Å². The first-order valence-corrected chi connectivity index (χ1v) is 6.63. The number of aromatic hydroxyl groups is 1. The van der Waals surface area contributed by atoms with Crippen LogP contribution >= 0.6 is 0 Å². The lowest BCUT2D eigenvalue weighted by Gasteiger charge is -2.29. The second-order valence-corrected chi connectivity index (χ2v) is 5.58. The van der Waals surface area contributed by atoms with Gasteiger partial charge in [-0.2, -0.15) is 0 Å². The van der Waals surface area contributed by atoms with Gasteiger partial charge in [0.15, 0.2) is 0 Å². The Morgan fingerprint density at radius 1 is 1.47 bits per heavy atom. The standard InChI is InChI=1S/C15H20O4/c1-10-4-3-7-15(2,19-9-10)12-6-5-11(14(17)18)8-13(12)16/h5-6,8,10,16H,3-4,7,9H2,1-2H3,(H,17,18). The van der Waals surface area contributed by atoms with E-state index < -0.39 is 11.6 Å². The Morgan fingerprint density at radius 3 is 2.84 bits per heavy atom. The van der Waals surface area contributed by atoms with E-state index >= 15 is 0 Å². The van der Waals surface area contributed by atoms with Crippen molar-refractivity contribution < 1.29 is 19.7 Å². The van der Waals surface area contributed by atoms with Crippen molar-refractivity contribution in [2.45, 2.75) is 38.7 Å². The molecular formula is C15H20O4. The van der Waals surface area contributed by atoms with Crippen LogP contribution in [-0.2, 0) is 10.3 Å². The number of carboxylic acid groups (broad SMARTS) is 1. The van der Waals surface area contributed by atoms with E-state index in [1.807, 2.05) is 6.92 Å². The van der Waals surface area contributed by atoms with Gasteiger partial charge in [0.25, 0.3) is 0 Å². The number of hydrogen-bond donors (Lipinski definition) is 2. The highest BCUT2D eigenvalue weighted by atomic mass is 16.5. The van der Waals surface area contributed by atoms with Crippen molar-refractivity contribution in [3.63, 3.8) is 0 Å². The van der Waals surface area contributed by atoms with Crippen LogP contribution in [0.25, 0.3) is 0 Å². The van der Waals surface area contributed by atoms with Crippen LogP contribution in [0.2, 0.25) is 0 Å². The van der Waals surface area contributed by atoms with Gasteiger partial charge in [-0.3, -0.25) is 0 Å². The average molecular weight is 264 g/mol. The zero-order valence-corrected chi connectivity index (χ0v) is 11.3. The molecule has 1 heterocycles. The van der Waals surface area contributed by atoms with Crippen LogP contribution < -0.4 is 0 Å². The molecule has 0 aliphatic carbocycles. The normalized spacial score (nSPS) is 27.8. The number of aromatic carboxylic acids is 1. The van der Waals surface area contributed by atoms with Crippen LogP contribution in [0, 0.1) is 5.92 Å². The third-order valence-corrected chi connectivity index (χ3v) is 3.85. The Kier molecular flexibility index (Phi) is 3.80. The maximum absolute atomic E-state index is 10.9. The largest absolute Gasteiger partial charge is 0.508 e. The molecule has 0 aromatic heterocycles. The summed E-state index contributed by atoms with van der Waals surface area (Å²) in [6, 6.07) is 4.47. The average Bonchev–Trinajstić information content (AvgIpc) is 2.52. The first-order valence-electron chi connectivity index (χ1n) is 6.63. The van der Waals surface area contributed by atoms with E-state index in [-0.39, 0.29) is 11.3 Å². The topological polar surface area (TPSA) is 66.8 Å². The molecule has 4 heteroatoms. The number of carboxylic acids is 1. The lowest BCUT2D eigenvalue weighted by Crippen LogP contribution is -2.26. The number of phenolic OH excluding ortho intramolecular Hbond substituents is 1. The molecule has 0 amide bonds. The van der Waals surface area contributed by atoms with Gasteiger partial charge in [-0.1, -0.05) is 13.0 Å². The summed E-state index contributed by atoms with van der Waals surface area (Å²) in [5.41, 5.74) is 0.227. The lowest BCUT2D eigenvalue weighted by molar-refractivity contribution is -0.0440. The van der Waals surface area contributed by atoms with Crippen LogP contribution in [-0.4, -0.2) is 22.8 Å². The summed E-state index contributed by atoms with van der Waals surface area (Å²) >= 11 is 0. The third kappa shape index (κ3) is 2.89. The molecule has 0 radical (unpaired) electrons. The molecule has 2 atom stereocenters. The lowest BCUT2D eigenvalue weighted by atomic mass is 9.89. The summed E-state index contributed by atoms with van der Waals surface area (Å²) in [7, 11) is 0.